The third-order valence-corrected chi connectivity index (χ3v) is 4.92. The fourth-order valence-corrected chi connectivity index (χ4v) is 3.68. The molecule has 0 aliphatic carbocycles. The molecule has 0 spiro atoms. The van der Waals surface area contributed by atoms with Crippen molar-refractivity contribution in [2.75, 3.05) is 12.8 Å². The Kier molecular flexibility index (Phi) is 3.81. The number of halogens is 3. The smallest absolute Gasteiger partial charge is 0.450 e. The molecule has 0 saturated heterocycles. The van der Waals surface area contributed by atoms with Crippen molar-refractivity contribution in [2.45, 2.75) is 6.18 Å². The molecule has 10 heteroatoms. The van der Waals surface area contributed by atoms with Gasteiger partial charge in [-0.3, -0.25) is 4.79 Å². The summed E-state index contributed by atoms with van der Waals surface area (Å²) in [7, 11) is 1.48. The summed E-state index contributed by atoms with van der Waals surface area (Å²) in [4.78, 5) is 20.7. The second kappa shape index (κ2) is 5.95. The molecule has 27 heavy (non-hydrogen) atoms. The highest BCUT2D eigenvalue weighted by Crippen LogP contribution is 2.33. The first-order valence-corrected chi connectivity index (χ1v) is 8.44. The van der Waals surface area contributed by atoms with Crippen LogP contribution in [0.1, 0.15) is 5.82 Å². The number of benzene rings is 2. The number of anilines is 1. The minimum absolute atomic E-state index is 0.0140. The highest BCUT2D eigenvalue weighted by molar-refractivity contribution is 7.20. The van der Waals surface area contributed by atoms with Crippen molar-refractivity contribution in [3.05, 3.63) is 52.6 Å². The lowest BCUT2D eigenvalue weighted by atomic mass is 10.2. The molecule has 0 aliphatic heterocycles. The number of hydrogen-bond acceptors (Lipinski definition) is 6. The standard InChI is InChI=1S/C17H11F3N4O2S/c1-26-9-3-5-12-13(7-9)27-16(23-12)24-14(25)10-6-8(21)2-4-11(10)22-15(24)17(18,19)20/h2-7H,21H2,1H3. The second-order valence-corrected chi connectivity index (χ2v) is 6.69. The van der Waals surface area contributed by atoms with Gasteiger partial charge in [0.2, 0.25) is 5.82 Å². The van der Waals surface area contributed by atoms with Gasteiger partial charge in [0.25, 0.3) is 5.56 Å². The minimum atomic E-state index is -4.84. The lowest BCUT2D eigenvalue weighted by Gasteiger charge is -2.13. The highest BCUT2D eigenvalue weighted by atomic mass is 32.1. The molecule has 0 bridgehead atoms. The van der Waals surface area contributed by atoms with Gasteiger partial charge in [-0.05, 0) is 36.4 Å². The number of nitrogens with two attached hydrogens (primary N) is 1. The fourth-order valence-electron chi connectivity index (χ4n) is 2.69. The van der Waals surface area contributed by atoms with Gasteiger partial charge in [0.05, 0.1) is 28.2 Å². The van der Waals surface area contributed by atoms with E-state index in [2.05, 4.69) is 9.97 Å². The van der Waals surface area contributed by atoms with Gasteiger partial charge >= 0.3 is 6.18 Å². The Morgan fingerprint density at radius 1 is 1.11 bits per heavy atom. The predicted molar refractivity (Wildman–Crippen MR) is 96.5 cm³/mol. The summed E-state index contributed by atoms with van der Waals surface area (Å²) in [5.74, 6) is -0.804. The zero-order chi connectivity index (χ0) is 19.3. The summed E-state index contributed by atoms with van der Waals surface area (Å²) >= 11 is 0.938. The van der Waals surface area contributed by atoms with Crippen LogP contribution in [-0.2, 0) is 6.18 Å². The van der Waals surface area contributed by atoms with Crippen molar-refractivity contribution in [2.24, 2.45) is 0 Å². The van der Waals surface area contributed by atoms with Crippen molar-refractivity contribution in [1.82, 2.24) is 14.5 Å². The van der Waals surface area contributed by atoms with Crippen LogP contribution >= 0.6 is 11.3 Å². The maximum absolute atomic E-state index is 13.6. The van der Waals surface area contributed by atoms with Gasteiger partial charge in [0.15, 0.2) is 5.13 Å². The number of rotatable bonds is 2. The number of hydrogen-bond donors (Lipinski definition) is 1. The molecule has 0 amide bonds. The summed E-state index contributed by atoms with van der Waals surface area (Å²) < 4.78 is 47.0. The first kappa shape index (κ1) is 17.3. The molecule has 2 heterocycles. The molecule has 0 unspecified atom stereocenters. The quantitative estimate of drug-likeness (QED) is 0.527. The second-order valence-electron chi connectivity index (χ2n) is 5.68. The summed E-state index contributed by atoms with van der Waals surface area (Å²) in [5, 5.41) is -0.146. The van der Waals surface area contributed by atoms with E-state index in [1.807, 2.05) is 0 Å². The first-order valence-electron chi connectivity index (χ1n) is 7.62. The molecule has 0 radical (unpaired) electrons. The van der Waals surface area contributed by atoms with Crippen molar-refractivity contribution in [3.63, 3.8) is 0 Å². The lowest BCUT2D eigenvalue weighted by molar-refractivity contribution is -0.146. The van der Waals surface area contributed by atoms with Gasteiger partial charge in [-0.2, -0.15) is 13.2 Å². The van der Waals surface area contributed by atoms with Crippen LogP contribution in [0.4, 0.5) is 18.9 Å². The van der Waals surface area contributed by atoms with Crippen LogP contribution < -0.4 is 16.0 Å². The van der Waals surface area contributed by atoms with E-state index in [1.165, 1.54) is 25.3 Å². The van der Waals surface area contributed by atoms with Crippen molar-refractivity contribution in [1.29, 1.82) is 0 Å². The average Bonchev–Trinajstić information content (AvgIpc) is 3.03. The normalized spacial score (nSPS) is 12.0. The third-order valence-electron chi connectivity index (χ3n) is 3.92. The van der Waals surface area contributed by atoms with E-state index < -0.39 is 17.6 Å². The van der Waals surface area contributed by atoms with Crippen LogP contribution in [0.25, 0.3) is 26.3 Å². The van der Waals surface area contributed by atoms with Crippen molar-refractivity contribution >= 4 is 38.1 Å². The van der Waals surface area contributed by atoms with Gasteiger partial charge in [0.1, 0.15) is 5.75 Å². The molecule has 0 fully saturated rings. The average molecular weight is 392 g/mol. The van der Waals surface area contributed by atoms with E-state index in [4.69, 9.17) is 10.5 Å². The Labute approximate surface area is 153 Å². The maximum atomic E-state index is 13.6. The van der Waals surface area contributed by atoms with E-state index in [9.17, 15) is 18.0 Å². The zero-order valence-corrected chi connectivity index (χ0v) is 14.6. The monoisotopic (exact) mass is 392 g/mol. The van der Waals surface area contributed by atoms with Gasteiger partial charge in [-0.15, -0.1) is 0 Å². The number of nitrogens with zero attached hydrogens (tertiary/aromatic N) is 3. The van der Waals surface area contributed by atoms with Gasteiger partial charge in [0, 0.05) is 5.69 Å². The summed E-state index contributed by atoms with van der Waals surface area (Å²) in [5.41, 5.74) is 5.41. The highest BCUT2D eigenvalue weighted by Gasteiger charge is 2.38. The van der Waals surface area contributed by atoms with E-state index in [0.717, 1.165) is 11.3 Å². The van der Waals surface area contributed by atoms with Crippen molar-refractivity contribution < 1.29 is 17.9 Å². The number of methoxy groups -OCH3 is 1. The molecule has 2 N–H and O–H groups in total. The molecule has 2 aromatic carbocycles. The molecular formula is C17H11F3N4O2S. The van der Waals surface area contributed by atoms with Crippen LogP contribution in [0, 0.1) is 0 Å². The largest absolute Gasteiger partial charge is 0.497 e. The predicted octanol–water partition coefficient (Wildman–Crippen LogP) is 3.61. The summed E-state index contributed by atoms with van der Waals surface area (Å²) in [6.45, 7) is 0. The summed E-state index contributed by atoms with van der Waals surface area (Å²) in [6, 6.07) is 8.87. The molecule has 6 nitrogen and oxygen atoms in total. The molecule has 0 aliphatic rings. The van der Waals surface area contributed by atoms with Gasteiger partial charge in [-0.1, -0.05) is 11.3 Å². The minimum Gasteiger partial charge on any atom is -0.497 e. The van der Waals surface area contributed by atoms with Crippen LogP contribution in [-0.4, -0.2) is 21.6 Å². The number of aromatic nitrogens is 3. The van der Waals surface area contributed by atoms with E-state index in [0.29, 0.717) is 20.5 Å². The van der Waals surface area contributed by atoms with E-state index in [1.54, 1.807) is 18.2 Å². The molecule has 0 saturated carbocycles. The molecular weight excluding hydrogens is 381 g/mol. The van der Waals surface area contributed by atoms with Crippen LogP contribution in [0.15, 0.2) is 41.2 Å². The first-order chi connectivity index (χ1) is 12.8. The molecule has 4 aromatic rings. The number of nitrogen functional groups attached to an aromatic ring is 1. The molecule has 4 rings (SSSR count). The Morgan fingerprint density at radius 2 is 1.85 bits per heavy atom. The summed E-state index contributed by atoms with van der Waals surface area (Å²) in [6.07, 6.45) is -4.84. The number of ether oxygens (including phenoxy) is 1. The van der Waals surface area contributed by atoms with Crippen LogP contribution in [0.2, 0.25) is 0 Å². The van der Waals surface area contributed by atoms with Gasteiger partial charge < -0.3 is 10.5 Å². The molecule has 0 atom stereocenters. The number of fused-ring (bicyclic) bond motifs is 2. The van der Waals surface area contributed by atoms with Crippen molar-refractivity contribution in [3.8, 4) is 10.9 Å². The zero-order valence-electron chi connectivity index (χ0n) is 13.7. The fraction of sp³-hybridized carbons (Fsp3) is 0.118. The van der Waals surface area contributed by atoms with E-state index in [-0.39, 0.29) is 21.7 Å². The Bertz CT molecular complexity index is 1250. The maximum Gasteiger partial charge on any atom is 0.450 e. The number of thiazole rings is 1. The Balaban J connectivity index is 2.07. The van der Waals surface area contributed by atoms with Crippen LogP contribution in [0.3, 0.4) is 0 Å². The topological polar surface area (TPSA) is 83.0 Å². The van der Waals surface area contributed by atoms with Gasteiger partial charge in [-0.25, -0.2) is 14.5 Å². The SMILES string of the molecule is COc1ccc2nc(-n3c(C(F)(F)F)nc4ccc(N)cc4c3=O)sc2c1. The van der Waals surface area contributed by atoms with E-state index >= 15 is 0 Å². The Hall–Kier alpha value is -3.14. The number of alkyl halides is 3. The lowest BCUT2D eigenvalue weighted by Crippen LogP contribution is -2.28. The third kappa shape index (κ3) is 2.87. The Morgan fingerprint density at radius 3 is 2.56 bits per heavy atom. The molecule has 138 valence electrons. The van der Waals surface area contributed by atoms with Crippen LogP contribution in [0.5, 0.6) is 5.75 Å². The molecule has 2 aromatic heterocycles.